The number of para-hydroxylation sites is 1. The summed E-state index contributed by atoms with van der Waals surface area (Å²) >= 11 is 3.44. The van der Waals surface area contributed by atoms with Gasteiger partial charge in [0.05, 0.1) is 19.7 Å². The van der Waals surface area contributed by atoms with Crippen LogP contribution < -0.4 is 9.47 Å². The summed E-state index contributed by atoms with van der Waals surface area (Å²) in [6.07, 6.45) is 2.15. The van der Waals surface area contributed by atoms with Crippen LogP contribution in [-0.4, -0.2) is 37.1 Å². The van der Waals surface area contributed by atoms with Gasteiger partial charge >= 0.3 is 0 Å². The van der Waals surface area contributed by atoms with Gasteiger partial charge in [0.25, 0.3) is 11.7 Å². The Balaban J connectivity index is 1.66. The zero-order valence-corrected chi connectivity index (χ0v) is 18.7. The average molecular weight is 483 g/mol. The summed E-state index contributed by atoms with van der Waals surface area (Å²) in [5.74, 6) is 0.683. The maximum atomic E-state index is 13.1. The number of methoxy groups -OCH3 is 3. The summed E-state index contributed by atoms with van der Waals surface area (Å²) < 4.78 is 22.4. The Morgan fingerprint density at radius 1 is 1.06 bits per heavy atom. The molecule has 2 aromatic heterocycles. The van der Waals surface area contributed by atoms with E-state index in [4.69, 9.17) is 18.6 Å². The first-order valence-corrected chi connectivity index (χ1v) is 10.1. The van der Waals surface area contributed by atoms with E-state index in [2.05, 4.69) is 25.9 Å². The molecule has 0 aliphatic rings. The monoisotopic (exact) mass is 482 g/mol. The second-order valence-electron chi connectivity index (χ2n) is 6.67. The first-order chi connectivity index (χ1) is 15.0. The van der Waals surface area contributed by atoms with E-state index in [9.17, 15) is 4.79 Å². The second kappa shape index (κ2) is 8.87. The van der Waals surface area contributed by atoms with Crippen LogP contribution in [0.2, 0.25) is 0 Å². The Morgan fingerprint density at radius 2 is 1.77 bits per heavy atom. The number of ketones is 1. The van der Waals surface area contributed by atoms with Crippen LogP contribution in [0.3, 0.4) is 0 Å². The number of nitrogens with zero attached hydrogens (tertiary/aromatic N) is 2. The number of carbonyl (C=O) groups excluding carboxylic acids is 1. The summed E-state index contributed by atoms with van der Waals surface area (Å²) in [6.45, 7) is 0. The van der Waals surface area contributed by atoms with E-state index in [0.717, 1.165) is 10.9 Å². The highest BCUT2D eigenvalue weighted by atomic mass is 79.9. The average Bonchev–Trinajstić information content (AvgIpc) is 3.30. The quantitative estimate of drug-likeness (QED) is 0.333. The van der Waals surface area contributed by atoms with Gasteiger partial charge in [0, 0.05) is 29.8 Å². The number of hydrogen-bond donors (Lipinski definition) is 0. The molecule has 1 unspecified atom stereocenters. The van der Waals surface area contributed by atoms with E-state index < -0.39 is 11.9 Å². The molecule has 1 atom stereocenters. The molecule has 8 heteroatoms. The minimum Gasteiger partial charge on any atom is -0.495 e. The third kappa shape index (κ3) is 4.04. The SMILES string of the molecule is COc1cc(-c2coc(C(=O)C(OC)c3cnc4ccccc4c3)n2)cc(OC)c1Br. The van der Waals surface area contributed by atoms with Crippen LogP contribution in [0.4, 0.5) is 0 Å². The van der Waals surface area contributed by atoms with Crippen molar-refractivity contribution in [2.75, 3.05) is 21.3 Å². The first-order valence-electron chi connectivity index (χ1n) is 9.34. The molecule has 2 aromatic carbocycles. The van der Waals surface area contributed by atoms with E-state index in [1.165, 1.54) is 13.4 Å². The Bertz CT molecular complexity index is 1230. The number of hydrogen-bond acceptors (Lipinski definition) is 7. The number of rotatable bonds is 7. The van der Waals surface area contributed by atoms with Crippen molar-refractivity contribution in [2.45, 2.75) is 6.10 Å². The van der Waals surface area contributed by atoms with Gasteiger partial charge in [-0.05, 0) is 40.2 Å². The summed E-state index contributed by atoms with van der Waals surface area (Å²) in [4.78, 5) is 21.9. The molecule has 0 amide bonds. The van der Waals surface area contributed by atoms with Gasteiger partial charge in [-0.1, -0.05) is 18.2 Å². The van der Waals surface area contributed by atoms with Gasteiger partial charge in [0.2, 0.25) is 0 Å². The minimum absolute atomic E-state index is 0.0594. The van der Waals surface area contributed by atoms with Gasteiger partial charge in [-0.3, -0.25) is 9.78 Å². The summed E-state index contributed by atoms with van der Waals surface area (Å²) in [5.41, 5.74) is 2.61. The zero-order valence-electron chi connectivity index (χ0n) is 17.1. The number of halogens is 1. The number of carbonyl (C=O) groups is 1. The summed E-state index contributed by atoms with van der Waals surface area (Å²) in [6, 6.07) is 13.1. The maximum absolute atomic E-state index is 13.1. The molecule has 158 valence electrons. The van der Waals surface area contributed by atoms with Crippen molar-refractivity contribution in [2.24, 2.45) is 0 Å². The normalized spacial score (nSPS) is 12.0. The van der Waals surface area contributed by atoms with Crippen LogP contribution >= 0.6 is 15.9 Å². The zero-order chi connectivity index (χ0) is 22.0. The van der Waals surface area contributed by atoms with E-state index in [-0.39, 0.29) is 5.89 Å². The third-order valence-corrected chi connectivity index (χ3v) is 5.63. The van der Waals surface area contributed by atoms with Crippen molar-refractivity contribution in [3.8, 4) is 22.8 Å². The molecular weight excluding hydrogens is 464 g/mol. The highest BCUT2D eigenvalue weighted by Gasteiger charge is 2.27. The number of benzene rings is 2. The number of fused-ring (bicyclic) bond motifs is 1. The summed E-state index contributed by atoms with van der Waals surface area (Å²) in [5, 5.41) is 0.914. The van der Waals surface area contributed by atoms with Crippen molar-refractivity contribution in [1.29, 1.82) is 0 Å². The van der Waals surface area contributed by atoms with Crippen LogP contribution in [0.1, 0.15) is 22.4 Å². The number of oxazole rings is 1. The molecule has 0 aliphatic heterocycles. The molecule has 0 radical (unpaired) electrons. The molecule has 4 aromatic rings. The van der Waals surface area contributed by atoms with Crippen LogP contribution in [0, 0.1) is 0 Å². The second-order valence-corrected chi connectivity index (χ2v) is 7.47. The Kier molecular flexibility index (Phi) is 6.01. The lowest BCUT2D eigenvalue weighted by atomic mass is 10.0. The van der Waals surface area contributed by atoms with Crippen molar-refractivity contribution >= 4 is 32.6 Å². The fraction of sp³-hybridized carbons (Fsp3) is 0.174. The van der Waals surface area contributed by atoms with Gasteiger partial charge in [-0.2, -0.15) is 0 Å². The molecule has 0 bridgehead atoms. The predicted molar refractivity (Wildman–Crippen MR) is 119 cm³/mol. The van der Waals surface area contributed by atoms with Crippen LogP contribution in [-0.2, 0) is 4.74 Å². The third-order valence-electron chi connectivity index (χ3n) is 4.84. The number of Topliss-reactive ketones (excluding diaryl/α,β-unsaturated/α-hetero) is 1. The molecule has 7 nitrogen and oxygen atoms in total. The lowest BCUT2D eigenvalue weighted by molar-refractivity contribution is 0.0569. The van der Waals surface area contributed by atoms with Crippen LogP contribution in [0.5, 0.6) is 11.5 Å². The molecule has 0 aliphatic carbocycles. The molecule has 0 saturated heterocycles. The largest absolute Gasteiger partial charge is 0.495 e. The molecule has 4 rings (SSSR count). The van der Waals surface area contributed by atoms with E-state index in [1.54, 1.807) is 32.5 Å². The Morgan fingerprint density at radius 3 is 2.45 bits per heavy atom. The minimum atomic E-state index is -0.891. The van der Waals surface area contributed by atoms with E-state index >= 15 is 0 Å². The Labute approximate surface area is 187 Å². The smallest absolute Gasteiger partial charge is 0.266 e. The van der Waals surface area contributed by atoms with Crippen molar-refractivity contribution in [3.05, 3.63) is 70.9 Å². The first kappa shape index (κ1) is 21.0. The molecule has 31 heavy (non-hydrogen) atoms. The van der Waals surface area contributed by atoms with Crippen LogP contribution in [0.25, 0.3) is 22.2 Å². The van der Waals surface area contributed by atoms with E-state index in [0.29, 0.717) is 32.8 Å². The molecule has 0 fully saturated rings. The van der Waals surface area contributed by atoms with Crippen molar-refractivity contribution in [3.63, 3.8) is 0 Å². The maximum Gasteiger partial charge on any atom is 0.266 e. The lowest BCUT2D eigenvalue weighted by Crippen LogP contribution is -2.15. The fourth-order valence-electron chi connectivity index (χ4n) is 3.27. The van der Waals surface area contributed by atoms with Gasteiger partial charge in [0.1, 0.15) is 27.9 Å². The van der Waals surface area contributed by atoms with Crippen molar-refractivity contribution in [1.82, 2.24) is 9.97 Å². The highest BCUT2D eigenvalue weighted by molar-refractivity contribution is 9.10. The highest BCUT2D eigenvalue weighted by Crippen LogP contribution is 2.39. The topological polar surface area (TPSA) is 83.7 Å². The predicted octanol–water partition coefficient (Wildman–Crippen LogP) is 5.24. The van der Waals surface area contributed by atoms with Gasteiger partial charge in [-0.25, -0.2) is 4.98 Å². The molecule has 0 spiro atoms. The summed E-state index contributed by atoms with van der Waals surface area (Å²) in [7, 11) is 4.58. The Hall–Kier alpha value is -3.23. The van der Waals surface area contributed by atoms with Crippen LogP contribution in [0.15, 0.2) is 63.8 Å². The number of ether oxygens (including phenoxy) is 3. The molecule has 2 heterocycles. The van der Waals surface area contributed by atoms with Crippen molar-refractivity contribution < 1.29 is 23.4 Å². The number of aromatic nitrogens is 2. The van der Waals surface area contributed by atoms with Gasteiger partial charge in [-0.15, -0.1) is 0 Å². The number of pyridine rings is 1. The fourth-order valence-corrected chi connectivity index (χ4v) is 3.83. The molecule has 0 N–H and O–H groups in total. The van der Waals surface area contributed by atoms with Gasteiger partial charge < -0.3 is 18.6 Å². The standard InChI is InChI=1S/C23H19BrN2O5/c1-28-18-9-14(10-19(29-2)20(18)24)17-12-31-23(26-17)21(27)22(30-3)15-8-13-6-4-5-7-16(13)25-11-15/h4-12,22H,1-3H3. The van der Waals surface area contributed by atoms with E-state index in [1.807, 2.05) is 30.3 Å². The van der Waals surface area contributed by atoms with Gasteiger partial charge in [0.15, 0.2) is 6.10 Å². The molecule has 0 saturated carbocycles. The molecular formula is C23H19BrN2O5. The lowest BCUT2D eigenvalue weighted by Gasteiger charge is -2.13.